The molecule has 0 saturated carbocycles. The molecular weight excluding hydrogens is 624 g/mol. The van der Waals surface area contributed by atoms with E-state index < -0.39 is 149 Å². The minimum atomic E-state index is -2.04. The average molecular weight is 667 g/mol. The van der Waals surface area contributed by atoms with Crippen molar-refractivity contribution in [3.63, 3.8) is 0 Å². The first-order chi connectivity index (χ1) is 21.2. The summed E-state index contributed by atoms with van der Waals surface area (Å²) in [4.78, 5) is 0. The predicted octanol–water partition coefficient (Wildman–Crippen LogP) is -9.75. The summed E-state index contributed by atoms with van der Waals surface area (Å²) in [6.45, 7) is -3.18. The molecule has 0 aromatic carbocycles. The molecule has 21 heteroatoms. The number of ether oxygens (including phenoxy) is 7. The van der Waals surface area contributed by atoms with Crippen molar-refractivity contribution in [1.82, 2.24) is 0 Å². The van der Waals surface area contributed by atoms with Crippen molar-refractivity contribution in [3.05, 3.63) is 0 Å². The number of hydrogen-bond donors (Lipinski definition) is 14. The van der Waals surface area contributed by atoms with Gasteiger partial charge < -0.3 is 105 Å². The molecule has 20 atom stereocenters. The first-order valence-electron chi connectivity index (χ1n) is 14.1. The van der Waals surface area contributed by atoms with Crippen molar-refractivity contribution < 1.29 is 105 Å². The molecule has 4 aliphatic rings. The minimum absolute atomic E-state index is 0.750. The van der Waals surface area contributed by atoms with Crippen molar-refractivity contribution in [2.45, 2.75) is 123 Å². The third kappa shape index (κ3) is 7.59. The molecular formula is C24H42O21. The molecule has 4 rings (SSSR count). The maximum atomic E-state index is 10.9. The van der Waals surface area contributed by atoms with E-state index in [1.54, 1.807) is 0 Å². The van der Waals surface area contributed by atoms with Crippen LogP contribution in [0.25, 0.3) is 0 Å². The van der Waals surface area contributed by atoms with Gasteiger partial charge in [0, 0.05) is 0 Å². The van der Waals surface area contributed by atoms with Gasteiger partial charge in [0.2, 0.25) is 0 Å². The van der Waals surface area contributed by atoms with Gasteiger partial charge in [-0.05, 0) is 0 Å². The van der Waals surface area contributed by atoms with Gasteiger partial charge in [0.25, 0.3) is 0 Å². The van der Waals surface area contributed by atoms with Gasteiger partial charge in [-0.15, -0.1) is 0 Å². The van der Waals surface area contributed by atoms with E-state index in [-0.39, 0.29) is 0 Å². The molecule has 0 bridgehead atoms. The minimum Gasteiger partial charge on any atom is -0.394 e. The van der Waals surface area contributed by atoms with Crippen molar-refractivity contribution in [1.29, 1.82) is 0 Å². The fraction of sp³-hybridized carbons (Fsp3) is 1.00. The largest absolute Gasteiger partial charge is 0.394 e. The topological polar surface area (TPSA) is 348 Å². The summed E-state index contributed by atoms with van der Waals surface area (Å²) in [5, 5.41) is 142. The van der Waals surface area contributed by atoms with Crippen LogP contribution in [0.15, 0.2) is 0 Å². The standard InChI is InChI=1S/C24H42O21/c25-1-5-9(28)13(32)16(35)22(41-5)44-19-12(31)8(40-21(38)18(19)37)4-39-24-20(15(34)11(30)7(3-27)43-24)45-23-17(36)14(33)10(29)6(2-26)42-23/h5-38H,1-4H2/t5-,6-,7-,8-,9-,10-,11-,12-,13+,14+,15+,16-,17-,18-,19+,20-,21-,22+,23+,24-/m1/s1. The lowest BCUT2D eigenvalue weighted by Crippen LogP contribution is -2.66. The monoisotopic (exact) mass is 666 g/mol. The summed E-state index contributed by atoms with van der Waals surface area (Å²) in [5.41, 5.74) is 0. The SMILES string of the molecule is OC[C@H]1O[C@@H](O[C@@H]2[C@@H](O)[C@H](O)O[C@H](CO[C@@H]3O[C@H](CO)[C@@H](O)[C@H](O)[C@H]3O[C@@H]3O[C@H](CO)[C@@H](O)[C@H](O)[C@H]3O)[C@H]2O)[C@H](O)[C@@H](O)[C@@H]1O. The van der Waals surface area contributed by atoms with Gasteiger partial charge in [-0.2, -0.15) is 0 Å². The van der Waals surface area contributed by atoms with Crippen molar-refractivity contribution >= 4 is 0 Å². The zero-order valence-corrected chi connectivity index (χ0v) is 23.5. The Morgan fingerprint density at radius 3 is 1.27 bits per heavy atom. The normalized spacial score (nSPS) is 52.9. The Morgan fingerprint density at radius 2 is 0.800 bits per heavy atom. The highest BCUT2D eigenvalue weighted by molar-refractivity contribution is 4.96. The van der Waals surface area contributed by atoms with Crippen LogP contribution >= 0.6 is 0 Å². The molecule has 264 valence electrons. The number of aliphatic hydroxyl groups is 14. The smallest absolute Gasteiger partial charge is 0.187 e. The van der Waals surface area contributed by atoms with Crippen LogP contribution in [-0.4, -0.2) is 221 Å². The Bertz CT molecular complexity index is 914. The Kier molecular flexibility index (Phi) is 12.8. The van der Waals surface area contributed by atoms with Crippen LogP contribution in [0.3, 0.4) is 0 Å². The van der Waals surface area contributed by atoms with E-state index in [9.17, 15) is 71.5 Å². The zero-order chi connectivity index (χ0) is 33.3. The first-order valence-corrected chi connectivity index (χ1v) is 14.1. The third-order valence-electron chi connectivity index (χ3n) is 8.19. The number of hydrogen-bond acceptors (Lipinski definition) is 21. The fourth-order valence-electron chi connectivity index (χ4n) is 5.41. The van der Waals surface area contributed by atoms with Crippen LogP contribution in [0.5, 0.6) is 0 Å². The molecule has 0 aromatic rings. The Balaban J connectivity index is 1.47. The van der Waals surface area contributed by atoms with E-state index in [2.05, 4.69) is 0 Å². The van der Waals surface area contributed by atoms with Crippen molar-refractivity contribution in [3.8, 4) is 0 Å². The second kappa shape index (κ2) is 15.6. The molecule has 0 radical (unpaired) electrons. The zero-order valence-electron chi connectivity index (χ0n) is 23.5. The van der Waals surface area contributed by atoms with E-state index in [1.807, 2.05) is 0 Å². The maximum Gasteiger partial charge on any atom is 0.187 e. The van der Waals surface area contributed by atoms with E-state index in [0.717, 1.165) is 0 Å². The summed E-state index contributed by atoms with van der Waals surface area (Å²) in [6, 6.07) is 0. The quantitative estimate of drug-likeness (QED) is 0.103. The van der Waals surface area contributed by atoms with Crippen LogP contribution in [0.1, 0.15) is 0 Å². The lowest BCUT2D eigenvalue weighted by Gasteiger charge is -2.47. The lowest BCUT2D eigenvalue weighted by atomic mass is 9.96. The molecule has 4 fully saturated rings. The van der Waals surface area contributed by atoms with Crippen LogP contribution in [0.4, 0.5) is 0 Å². The second-order valence-corrected chi connectivity index (χ2v) is 11.2. The lowest BCUT2D eigenvalue weighted by molar-refractivity contribution is -0.377. The molecule has 0 amide bonds. The molecule has 45 heavy (non-hydrogen) atoms. The first kappa shape index (κ1) is 37.0. The second-order valence-electron chi connectivity index (χ2n) is 11.2. The van der Waals surface area contributed by atoms with Gasteiger partial charge in [0.1, 0.15) is 97.7 Å². The fourth-order valence-corrected chi connectivity index (χ4v) is 5.41. The molecule has 0 unspecified atom stereocenters. The van der Waals surface area contributed by atoms with Gasteiger partial charge in [0.05, 0.1) is 26.4 Å². The van der Waals surface area contributed by atoms with Gasteiger partial charge in [-0.3, -0.25) is 0 Å². The molecule has 4 saturated heterocycles. The van der Waals surface area contributed by atoms with Crippen molar-refractivity contribution in [2.24, 2.45) is 0 Å². The van der Waals surface area contributed by atoms with Gasteiger partial charge in [0.15, 0.2) is 25.2 Å². The van der Waals surface area contributed by atoms with E-state index in [1.165, 1.54) is 0 Å². The molecule has 0 spiro atoms. The van der Waals surface area contributed by atoms with Crippen molar-refractivity contribution in [2.75, 3.05) is 26.4 Å². The molecule has 14 N–H and O–H groups in total. The average Bonchev–Trinajstić information content (AvgIpc) is 3.03. The molecule has 0 aliphatic carbocycles. The van der Waals surface area contributed by atoms with Gasteiger partial charge in [-0.1, -0.05) is 0 Å². The highest BCUT2D eigenvalue weighted by atomic mass is 16.8. The summed E-state index contributed by atoms with van der Waals surface area (Å²) < 4.78 is 37.7. The molecule has 4 aliphatic heterocycles. The molecule has 21 nitrogen and oxygen atoms in total. The van der Waals surface area contributed by atoms with Gasteiger partial charge in [-0.25, -0.2) is 0 Å². The number of rotatable bonds is 10. The van der Waals surface area contributed by atoms with Crippen LogP contribution in [0.2, 0.25) is 0 Å². The number of aliphatic hydroxyl groups excluding tert-OH is 14. The van der Waals surface area contributed by atoms with E-state index >= 15 is 0 Å². The summed E-state index contributed by atoms with van der Waals surface area (Å²) in [5.74, 6) is 0. The predicted molar refractivity (Wildman–Crippen MR) is 134 cm³/mol. The summed E-state index contributed by atoms with van der Waals surface area (Å²) in [6.07, 6.45) is -35.4. The van der Waals surface area contributed by atoms with Crippen LogP contribution in [0, 0.1) is 0 Å². The Morgan fingerprint density at radius 1 is 0.378 bits per heavy atom. The van der Waals surface area contributed by atoms with Crippen LogP contribution < -0.4 is 0 Å². The molecule has 4 heterocycles. The third-order valence-corrected chi connectivity index (χ3v) is 8.19. The van der Waals surface area contributed by atoms with E-state index in [0.29, 0.717) is 0 Å². The van der Waals surface area contributed by atoms with E-state index in [4.69, 9.17) is 33.2 Å². The van der Waals surface area contributed by atoms with Gasteiger partial charge >= 0.3 is 0 Å². The highest BCUT2D eigenvalue weighted by Crippen LogP contribution is 2.32. The Hall–Kier alpha value is -0.840. The maximum absolute atomic E-state index is 10.9. The summed E-state index contributed by atoms with van der Waals surface area (Å²) >= 11 is 0. The highest BCUT2D eigenvalue weighted by Gasteiger charge is 2.53. The van der Waals surface area contributed by atoms with Crippen LogP contribution in [-0.2, 0) is 33.2 Å². The summed E-state index contributed by atoms with van der Waals surface area (Å²) in [7, 11) is 0. The Labute approximate surface area is 254 Å². The molecule has 0 aromatic heterocycles.